The van der Waals surface area contributed by atoms with E-state index in [-0.39, 0.29) is 18.7 Å². The summed E-state index contributed by atoms with van der Waals surface area (Å²) < 4.78 is 56.6. The van der Waals surface area contributed by atoms with Gasteiger partial charge >= 0.3 is 33.3 Å². The first kappa shape index (κ1) is 66.2. The minimum absolute atomic E-state index is 0.0306. The molecule has 21 heteroatoms. The summed E-state index contributed by atoms with van der Waals surface area (Å²) in [7, 11) is -10.9. The lowest BCUT2D eigenvalue weighted by atomic mass is 10.1. The third kappa shape index (κ3) is 33.0. The standard InChI is InChI=1S/C54H81N3O16P2/c1-3-5-7-9-11-12-13-14-15-16-17-18-19-20-21-22-26-30-34-38-49(59)68-42-46(71-50(60)39-35-31-27-23-25-29-33-37-45(58)36-32-28-24-10-8-6-4-2)43-69-74(64,65)73-75(66,67)70-44-47-51(61)52(62)53(72-47)57-41-40-48(55)56-54(57)63/h5,7,11-12,14-15,17-18,20-21,23-24,26-30,32-33,36,40-41,45-47,51-53,58,61-62H,3-4,6,8-10,13,16,19,22,25,31,34-35,37-39,42-44H2,1-2H3,(H,64,65)(H,66,67)(H2,55,56,63)/b7-5-,12-11-,15-14-,18-17-,21-20-,27-23+,28-24-,30-26-,33-29-,36-32-/t45-,46+,47+,51+,52+,53+/m0/s1. The van der Waals surface area contributed by atoms with E-state index in [1.807, 2.05) is 60.8 Å². The number of ether oxygens (including phenoxy) is 3. The van der Waals surface area contributed by atoms with E-state index in [1.165, 1.54) is 18.9 Å². The molecule has 1 saturated heterocycles. The molecule has 0 amide bonds. The van der Waals surface area contributed by atoms with Gasteiger partial charge in [0.05, 0.1) is 19.3 Å². The predicted molar refractivity (Wildman–Crippen MR) is 290 cm³/mol. The number of rotatable bonds is 40. The molecule has 1 aliphatic heterocycles. The highest BCUT2D eigenvalue weighted by Crippen LogP contribution is 2.60. The summed E-state index contributed by atoms with van der Waals surface area (Å²) in [5, 5.41) is 31.1. The third-order valence-corrected chi connectivity index (χ3v) is 13.2. The number of anilines is 1. The number of hydrogen-bond donors (Lipinski definition) is 6. The van der Waals surface area contributed by atoms with E-state index in [1.54, 1.807) is 6.08 Å². The number of phosphoric ester groups is 2. The van der Waals surface area contributed by atoms with Crippen LogP contribution in [0, 0.1) is 0 Å². The van der Waals surface area contributed by atoms with Crippen LogP contribution in [-0.2, 0) is 46.3 Å². The fourth-order valence-corrected chi connectivity index (χ4v) is 8.76. The number of hydrogen-bond acceptors (Lipinski definition) is 16. The molecule has 7 N–H and O–H groups in total. The monoisotopic (exact) mass is 1090 g/mol. The molecule has 0 spiro atoms. The topological polar surface area (TPSA) is 286 Å². The van der Waals surface area contributed by atoms with Crippen LogP contribution in [0.2, 0.25) is 0 Å². The summed E-state index contributed by atoms with van der Waals surface area (Å²) in [4.78, 5) is 61.9. The van der Waals surface area contributed by atoms with Crippen molar-refractivity contribution in [2.24, 2.45) is 0 Å². The molecule has 1 aliphatic rings. The van der Waals surface area contributed by atoms with Crippen LogP contribution in [-0.4, -0.2) is 96.9 Å². The van der Waals surface area contributed by atoms with Crippen LogP contribution in [0.1, 0.15) is 129 Å². The Morgan fingerprint density at radius 1 is 0.720 bits per heavy atom. The van der Waals surface area contributed by atoms with Gasteiger partial charge in [-0.2, -0.15) is 9.29 Å². The zero-order valence-corrected chi connectivity index (χ0v) is 45.2. The maximum Gasteiger partial charge on any atom is 0.481 e. The van der Waals surface area contributed by atoms with Crippen molar-refractivity contribution >= 4 is 33.4 Å². The van der Waals surface area contributed by atoms with Crippen molar-refractivity contribution in [2.45, 2.75) is 160 Å². The Morgan fingerprint density at radius 3 is 1.91 bits per heavy atom. The fraction of sp³-hybridized carbons (Fsp3) is 0.519. The van der Waals surface area contributed by atoms with Crippen molar-refractivity contribution in [3.8, 4) is 0 Å². The highest BCUT2D eigenvalue weighted by Gasteiger charge is 2.46. The van der Waals surface area contributed by atoms with Gasteiger partial charge in [-0.1, -0.05) is 148 Å². The first-order valence-electron chi connectivity index (χ1n) is 25.7. The number of aliphatic hydroxyl groups excluding tert-OH is 3. The van der Waals surface area contributed by atoms with Crippen LogP contribution in [0.5, 0.6) is 0 Å². The van der Waals surface area contributed by atoms with Gasteiger partial charge in [-0.05, 0) is 89.5 Å². The second kappa shape index (κ2) is 40.4. The highest BCUT2D eigenvalue weighted by atomic mass is 31.3. The number of aliphatic hydroxyl groups is 3. The lowest BCUT2D eigenvalue weighted by Crippen LogP contribution is -2.36. The summed E-state index contributed by atoms with van der Waals surface area (Å²) in [6.07, 6.45) is 44.6. The molecule has 418 valence electrons. The van der Waals surface area contributed by atoms with E-state index in [9.17, 15) is 48.6 Å². The van der Waals surface area contributed by atoms with Crippen molar-refractivity contribution in [3.63, 3.8) is 0 Å². The lowest BCUT2D eigenvalue weighted by Gasteiger charge is -2.21. The third-order valence-electron chi connectivity index (χ3n) is 10.6. The number of allylic oxidation sites excluding steroid dienone is 18. The van der Waals surface area contributed by atoms with Crippen molar-refractivity contribution in [1.29, 1.82) is 0 Å². The highest BCUT2D eigenvalue weighted by molar-refractivity contribution is 7.61. The smallest absolute Gasteiger partial charge is 0.462 e. The molecular weight excluding hydrogens is 1010 g/mol. The average molecular weight is 1090 g/mol. The van der Waals surface area contributed by atoms with E-state index < -0.39 is 89.8 Å². The van der Waals surface area contributed by atoms with Gasteiger partial charge in [0.15, 0.2) is 12.3 Å². The maximum atomic E-state index is 12.9. The van der Waals surface area contributed by atoms with Crippen LogP contribution in [0.25, 0.3) is 0 Å². The van der Waals surface area contributed by atoms with Gasteiger partial charge in [-0.3, -0.25) is 23.2 Å². The Bertz CT molecular complexity index is 2250. The number of esters is 2. The Balaban J connectivity index is 1.88. The molecule has 2 heterocycles. The van der Waals surface area contributed by atoms with Crippen LogP contribution in [0.4, 0.5) is 5.82 Å². The molecular formula is C54H81N3O16P2. The minimum Gasteiger partial charge on any atom is -0.462 e. The first-order valence-corrected chi connectivity index (χ1v) is 28.6. The van der Waals surface area contributed by atoms with E-state index in [2.05, 4.69) is 77.8 Å². The van der Waals surface area contributed by atoms with E-state index in [0.29, 0.717) is 38.5 Å². The van der Waals surface area contributed by atoms with Gasteiger partial charge in [0.25, 0.3) is 0 Å². The Hall–Kier alpha value is -4.88. The molecule has 0 bridgehead atoms. The first-order chi connectivity index (χ1) is 36.1. The number of aromatic nitrogens is 2. The Kier molecular flexibility index (Phi) is 35.7. The number of phosphoric acid groups is 2. The van der Waals surface area contributed by atoms with Gasteiger partial charge in [-0.15, -0.1) is 0 Å². The molecule has 1 aromatic rings. The molecule has 75 heavy (non-hydrogen) atoms. The van der Waals surface area contributed by atoms with Gasteiger partial charge in [0, 0.05) is 19.0 Å². The molecule has 1 aromatic heterocycles. The fourth-order valence-electron chi connectivity index (χ4n) is 6.65. The normalized spacial score (nSPS) is 20.2. The van der Waals surface area contributed by atoms with Gasteiger partial charge < -0.3 is 45.1 Å². The van der Waals surface area contributed by atoms with E-state index in [0.717, 1.165) is 55.7 Å². The molecule has 0 aliphatic carbocycles. The summed E-state index contributed by atoms with van der Waals surface area (Å²) in [5.74, 6) is -1.53. The van der Waals surface area contributed by atoms with Crippen LogP contribution >= 0.6 is 15.6 Å². The molecule has 0 saturated carbocycles. The lowest BCUT2D eigenvalue weighted by molar-refractivity contribution is -0.161. The molecule has 1 fully saturated rings. The van der Waals surface area contributed by atoms with Crippen molar-refractivity contribution in [2.75, 3.05) is 25.6 Å². The quantitative estimate of drug-likeness (QED) is 0.0117. The maximum absolute atomic E-state index is 12.9. The number of carbonyl (C=O) groups is 2. The van der Waals surface area contributed by atoms with Crippen molar-refractivity contribution < 1.29 is 71.4 Å². The molecule has 19 nitrogen and oxygen atoms in total. The number of nitrogens with two attached hydrogens (primary N) is 1. The minimum atomic E-state index is -5.47. The second-order valence-corrected chi connectivity index (χ2v) is 20.2. The van der Waals surface area contributed by atoms with Gasteiger partial charge in [-0.25, -0.2) is 13.9 Å². The van der Waals surface area contributed by atoms with Crippen LogP contribution in [0.15, 0.2) is 139 Å². The zero-order valence-electron chi connectivity index (χ0n) is 43.4. The second-order valence-electron chi connectivity index (χ2n) is 17.1. The number of unbranched alkanes of at least 4 members (excludes halogenated alkanes) is 4. The van der Waals surface area contributed by atoms with Gasteiger partial charge in [0.2, 0.25) is 0 Å². The van der Waals surface area contributed by atoms with Crippen molar-refractivity contribution in [3.05, 3.63) is 144 Å². The molecule has 8 atom stereocenters. The predicted octanol–water partition coefficient (Wildman–Crippen LogP) is 9.74. The summed E-state index contributed by atoms with van der Waals surface area (Å²) in [6.45, 7) is 1.79. The van der Waals surface area contributed by atoms with E-state index >= 15 is 0 Å². The number of carbonyl (C=O) groups excluding carboxylic acids is 2. The largest absolute Gasteiger partial charge is 0.481 e. The summed E-state index contributed by atoms with van der Waals surface area (Å²) >= 11 is 0. The number of nitrogens with zero attached hydrogens (tertiary/aromatic N) is 2. The summed E-state index contributed by atoms with van der Waals surface area (Å²) in [6, 6.07) is 1.23. The molecule has 0 aromatic carbocycles. The van der Waals surface area contributed by atoms with E-state index in [4.69, 9.17) is 29.0 Å². The van der Waals surface area contributed by atoms with Crippen molar-refractivity contribution in [1.82, 2.24) is 9.55 Å². The molecule has 2 unspecified atom stereocenters. The molecule has 2 rings (SSSR count). The Labute approximate surface area is 442 Å². The average Bonchev–Trinajstić information content (AvgIpc) is 3.64. The van der Waals surface area contributed by atoms with Gasteiger partial charge in [0.1, 0.15) is 30.7 Å². The van der Waals surface area contributed by atoms with Crippen LogP contribution < -0.4 is 11.4 Å². The van der Waals surface area contributed by atoms with Crippen LogP contribution in [0.3, 0.4) is 0 Å². The zero-order chi connectivity index (χ0) is 55.0. The SMILES string of the molecule is CC/C=C\C/C=C\C/C=C\C/C=C\C/C=C\C/C=C\CCC(=O)OC[C@H](COP(=O)(O)OP(=O)(O)OC[C@H]1O[C@@H](n2ccc(N)nc2=O)[C@H](O)[C@@H]1O)OC(=O)CCC/C=C/C/C=C\C[C@@H](O)/C=C\C=C/CCCCC. The Morgan fingerprint density at radius 2 is 1.29 bits per heavy atom. The number of nitrogen functional groups attached to an aromatic ring is 1. The summed E-state index contributed by atoms with van der Waals surface area (Å²) in [5.41, 5.74) is 4.57. The molecule has 0 radical (unpaired) electrons.